The number of fused-ring (bicyclic) bond motifs is 1. The molecule has 0 spiro atoms. The molecule has 1 aromatic carbocycles. The van der Waals surface area contributed by atoms with Crippen LogP contribution in [0, 0.1) is 6.92 Å². The molecule has 136 valence electrons. The molecule has 26 heavy (non-hydrogen) atoms. The van der Waals surface area contributed by atoms with E-state index in [1.165, 1.54) is 18.4 Å². The van der Waals surface area contributed by atoms with Crippen molar-refractivity contribution in [1.29, 1.82) is 0 Å². The van der Waals surface area contributed by atoms with Crippen LogP contribution < -0.4 is 15.0 Å². The third kappa shape index (κ3) is 3.81. The average molecular weight is 369 g/mol. The van der Waals surface area contributed by atoms with Gasteiger partial charge in [-0.25, -0.2) is 9.97 Å². The third-order valence-electron chi connectivity index (χ3n) is 4.67. The second-order valence-electron chi connectivity index (χ2n) is 6.90. The molecule has 1 N–H and O–H groups in total. The highest BCUT2D eigenvalue weighted by molar-refractivity contribution is 7.09. The molecule has 0 bridgehead atoms. The van der Waals surface area contributed by atoms with E-state index in [0.717, 1.165) is 46.3 Å². The second kappa shape index (κ2) is 7.21. The summed E-state index contributed by atoms with van der Waals surface area (Å²) < 4.78 is 5.36. The average Bonchev–Trinajstić information content (AvgIpc) is 3.39. The Labute approximate surface area is 158 Å². The van der Waals surface area contributed by atoms with Gasteiger partial charge in [0.05, 0.1) is 29.9 Å². The molecule has 3 aromatic rings. The van der Waals surface area contributed by atoms with Gasteiger partial charge in [-0.3, -0.25) is 0 Å². The zero-order valence-corrected chi connectivity index (χ0v) is 16.3. The van der Waals surface area contributed by atoms with Crippen LogP contribution >= 0.6 is 11.3 Å². The Balaban J connectivity index is 1.68. The van der Waals surface area contributed by atoms with Crippen molar-refractivity contribution >= 4 is 28.1 Å². The third-order valence-corrected chi connectivity index (χ3v) is 5.49. The van der Waals surface area contributed by atoms with Crippen LogP contribution in [-0.2, 0) is 13.1 Å². The molecule has 2 aromatic heterocycles. The number of rotatable bonds is 7. The molecule has 6 heteroatoms. The molecule has 5 nitrogen and oxygen atoms in total. The summed E-state index contributed by atoms with van der Waals surface area (Å²) in [6.07, 6.45) is 2.56. The maximum absolute atomic E-state index is 5.36. The van der Waals surface area contributed by atoms with Crippen LogP contribution in [0.2, 0.25) is 0 Å². The first-order chi connectivity index (χ1) is 12.6. The molecule has 0 aliphatic heterocycles. The largest absolute Gasteiger partial charge is 0.497 e. The van der Waals surface area contributed by atoms with Crippen molar-refractivity contribution in [1.82, 2.24) is 15.3 Å². The summed E-state index contributed by atoms with van der Waals surface area (Å²) in [6, 6.07) is 8.98. The maximum atomic E-state index is 5.36. The van der Waals surface area contributed by atoms with E-state index >= 15 is 0 Å². The molecule has 1 saturated carbocycles. The minimum Gasteiger partial charge on any atom is -0.497 e. The predicted octanol–water partition coefficient (Wildman–Crippen LogP) is 3.90. The number of benzene rings is 1. The topological polar surface area (TPSA) is 50.3 Å². The summed E-state index contributed by atoms with van der Waals surface area (Å²) in [5.41, 5.74) is 3.27. The molecule has 0 atom stereocenters. The first kappa shape index (κ1) is 17.2. The number of aromatic nitrogens is 2. The number of hydrogen-bond acceptors (Lipinski definition) is 6. The molecule has 0 amide bonds. The number of ether oxygens (including phenoxy) is 1. The lowest BCUT2D eigenvalue weighted by Crippen LogP contribution is -2.23. The van der Waals surface area contributed by atoms with E-state index in [0.29, 0.717) is 6.04 Å². The normalized spacial score (nSPS) is 14.0. The van der Waals surface area contributed by atoms with Crippen molar-refractivity contribution < 1.29 is 4.74 Å². The summed E-state index contributed by atoms with van der Waals surface area (Å²) in [5, 5.41) is 7.98. The van der Waals surface area contributed by atoms with Crippen LogP contribution in [0.5, 0.6) is 5.75 Å². The Hall–Kier alpha value is -2.18. The van der Waals surface area contributed by atoms with Crippen molar-refractivity contribution in [3.8, 4) is 5.75 Å². The van der Waals surface area contributed by atoms with Crippen molar-refractivity contribution in [2.45, 2.75) is 38.9 Å². The van der Waals surface area contributed by atoms with E-state index in [2.05, 4.69) is 39.8 Å². The smallest absolute Gasteiger partial charge is 0.133 e. The van der Waals surface area contributed by atoms with Crippen molar-refractivity contribution in [3.63, 3.8) is 0 Å². The standard InChI is InChI=1S/C20H24N4OS/c1-13-22-17(12-26-13)11-24(2)20-15(10-21-16-5-6-16)8-14-4-7-18(25-3)9-19(14)23-20/h4,7-9,12,16,21H,5-6,10-11H2,1-3H3. The first-order valence-corrected chi connectivity index (χ1v) is 9.83. The lowest BCUT2D eigenvalue weighted by Gasteiger charge is -2.21. The number of thiazole rings is 1. The molecule has 0 saturated heterocycles. The van der Waals surface area contributed by atoms with Crippen LogP contribution in [0.15, 0.2) is 29.6 Å². The molecule has 4 rings (SSSR count). The summed E-state index contributed by atoms with van der Waals surface area (Å²) in [5.74, 6) is 1.84. The zero-order chi connectivity index (χ0) is 18.1. The Morgan fingerprint density at radius 3 is 2.81 bits per heavy atom. The van der Waals surface area contributed by atoms with Gasteiger partial charge in [-0.15, -0.1) is 11.3 Å². The fourth-order valence-electron chi connectivity index (χ4n) is 3.11. The molecule has 1 fully saturated rings. The van der Waals surface area contributed by atoms with Gasteiger partial charge in [0.2, 0.25) is 0 Å². The molecule has 2 heterocycles. The van der Waals surface area contributed by atoms with Gasteiger partial charge in [0.1, 0.15) is 11.6 Å². The molecule has 1 aliphatic carbocycles. The van der Waals surface area contributed by atoms with Gasteiger partial charge in [-0.1, -0.05) is 0 Å². The summed E-state index contributed by atoms with van der Waals surface area (Å²) in [7, 11) is 3.77. The minimum absolute atomic E-state index is 0.668. The van der Waals surface area contributed by atoms with E-state index in [9.17, 15) is 0 Å². The van der Waals surface area contributed by atoms with Crippen LogP contribution in [0.1, 0.15) is 29.1 Å². The summed E-state index contributed by atoms with van der Waals surface area (Å²) >= 11 is 1.69. The van der Waals surface area contributed by atoms with Crippen molar-refractivity contribution in [2.24, 2.45) is 0 Å². The number of aryl methyl sites for hydroxylation is 1. The number of nitrogens with one attached hydrogen (secondary N) is 1. The summed E-state index contributed by atoms with van der Waals surface area (Å²) in [6.45, 7) is 3.64. The number of nitrogens with zero attached hydrogens (tertiary/aromatic N) is 3. The number of anilines is 1. The van der Waals surface area contributed by atoms with Gasteiger partial charge in [0.25, 0.3) is 0 Å². The lowest BCUT2D eigenvalue weighted by molar-refractivity contribution is 0.415. The second-order valence-corrected chi connectivity index (χ2v) is 7.96. The maximum Gasteiger partial charge on any atom is 0.133 e. The Morgan fingerprint density at radius 1 is 1.27 bits per heavy atom. The number of hydrogen-bond donors (Lipinski definition) is 1. The number of pyridine rings is 1. The van der Waals surface area contributed by atoms with Gasteiger partial charge in [-0.2, -0.15) is 0 Å². The van der Waals surface area contributed by atoms with Gasteiger partial charge < -0.3 is 15.0 Å². The monoisotopic (exact) mass is 368 g/mol. The van der Waals surface area contributed by atoms with Crippen LogP contribution in [-0.4, -0.2) is 30.2 Å². The lowest BCUT2D eigenvalue weighted by atomic mass is 10.1. The highest BCUT2D eigenvalue weighted by atomic mass is 32.1. The van der Waals surface area contributed by atoms with Crippen molar-refractivity contribution in [3.05, 3.63) is 45.9 Å². The molecular weight excluding hydrogens is 344 g/mol. The SMILES string of the molecule is COc1ccc2cc(CNC3CC3)c(N(C)Cc3csc(C)n3)nc2c1. The predicted molar refractivity (Wildman–Crippen MR) is 107 cm³/mol. The zero-order valence-electron chi connectivity index (χ0n) is 15.5. The Bertz CT molecular complexity index is 919. The minimum atomic E-state index is 0.668. The van der Waals surface area contributed by atoms with Gasteiger partial charge in [0, 0.05) is 42.0 Å². The summed E-state index contributed by atoms with van der Waals surface area (Å²) in [4.78, 5) is 11.8. The quantitative estimate of drug-likeness (QED) is 0.685. The van der Waals surface area contributed by atoms with Crippen LogP contribution in [0.25, 0.3) is 10.9 Å². The Morgan fingerprint density at radius 2 is 2.12 bits per heavy atom. The fraction of sp³-hybridized carbons (Fsp3) is 0.400. The van der Waals surface area contributed by atoms with E-state index in [-0.39, 0.29) is 0 Å². The molecule has 1 aliphatic rings. The number of methoxy groups -OCH3 is 1. The van der Waals surface area contributed by atoms with E-state index < -0.39 is 0 Å². The molecule has 0 unspecified atom stereocenters. The van der Waals surface area contributed by atoms with E-state index in [4.69, 9.17) is 9.72 Å². The van der Waals surface area contributed by atoms with E-state index in [1.54, 1.807) is 18.4 Å². The van der Waals surface area contributed by atoms with Gasteiger partial charge in [0.15, 0.2) is 0 Å². The highest BCUT2D eigenvalue weighted by Crippen LogP contribution is 2.28. The van der Waals surface area contributed by atoms with Crippen LogP contribution in [0.3, 0.4) is 0 Å². The fourth-order valence-corrected chi connectivity index (χ4v) is 3.71. The van der Waals surface area contributed by atoms with Crippen molar-refractivity contribution in [2.75, 3.05) is 19.1 Å². The van der Waals surface area contributed by atoms with Crippen LogP contribution in [0.4, 0.5) is 5.82 Å². The molecule has 0 radical (unpaired) electrons. The molecular formula is C20H24N4OS. The van der Waals surface area contributed by atoms with Gasteiger partial charge in [-0.05, 0) is 38.0 Å². The van der Waals surface area contributed by atoms with E-state index in [1.807, 2.05) is 19.1 Å². The van der Waals surface area contributed by atoms with Gasteiger partial charge >= 0.3 is 0 Å². The Kier molecular flexibility index (Phi) is 4.78. The highest BCUT2D eigenvalue weighted by Gasteiger charge is 2.21. The first-order valence-electron chi connectivity index (χ1n) is 8.95.